The third-order valence-electron chi connectivity index (χ3n) is 3.32. The summed E-state index contributed by atoms with van der Waals surface area (Å²) in [7, 11) is -3.31. The van der Waals surface area contributed by atoms with Gasteiger partial charge in [-0.1, -0.05) is 0 Å². The lowest BCUT2D eigenvalue weighted by molar-refractivity contribution is -0.134. The van der Waals surface area contributed by atoms with Crippen LogP contribution in [0, 0.1) is 5.82 Å². The minimum Gasteiger partial charge on any atom is -0.492 e. The Balaban J connectivity index is 0.000000648. The van der Waals surface area contributed by atoms with E-state index in [0.717, 1.165) is 6.92 Å². The summed E-state index contributed by atoms with van der Waals surface area (Å²) >= 11 is 0. The topological polar surface area (TPSA) is 110 Å². The maximum atomic E-state index is 12.7. The van der Waals surface area contributed by atoms with E-state index in [-0.39, 0.29) is 24.2 Å². The Morgan fingerprint density at radius 2 is 1.83 bits per heavy atom. The van der Waals surface area contributed by atoms with E-state index >= 15 is 0 Å². The zero-order valence-electron chi connectivity index (χ0n) is 13.5. The number of carboxylic acid groups (broad SMARTS) is 1. The van der Waals surface area contributed by atoms with Crippen molar-refractivity contribution in [2.75, 3.05) is 25.4 Å². The van der Waals surface area contributed by atoms with E-state index in [2.05, 4.69) is 0 Å². The molecule has 0 atom stereocenters. The SMILES string of the molecule is CC(=O)O.NC1CCN(S(=O)(=O)CCOc2ccc(F)cc2)CC1. The molecule has 1 aromatic rings. The number of piperidine rings is 1. The molecule has 1 aromatic carbocycles. The summed E-state index contributed by atoms with van der Waals surface area (Å²) < 4.78 is 43.6. The summed E-state index contributed by atoms with van der Waals surface area (Å²) in [4.78, 5) is 9.00. The second-order valence-corrected chi connectivity index (χ2v) is 7.46. The van der Waals surface area contributed by atoms with Gasteiger partial charge in [0.15, 0.2) is 0 Å². The van der Waals surface area contributed by atoms with E-state index in [4.69, 9.17) is 20.4 Å². The average Bonchev–Trinajstić information content (AvgIpc) is 2.49. The van der Waals surface area contributed by atoms with Gasteiger partial charge in [-0.25, -0.2) is 17.1 Å². The number of ether oxygens (including phenoxy) is 1. The van der Waals surface area contributed by atoms with Crippen LogP contribution >= 0.6 is 0 Å². The van der Waals surface area contributed by atoms with Gasteiger partial charge in [-0.05, 0) is 37.1 Å². The molecule has 1 aliphatic heterocycles. The third-order valence-corrected chi connectivity index (χ3v) is 5.15. The summed E-state index contributed by atoms with van der Waals surface area (Å²) in [5.41, 5.74) is 5.75. The van der Waals surface area contributed by atoms with Crippen molar-refractivity contribution >= 4 is 16.0 Å². The van der Waals surface area contributed by atoms with Gasteiger partial charge in [0, 0.05) is 26.1 Å². The minimum absolute atomic E-state index is 0.0521. The van der Waals surface area contributed by atoms with Crippen LogP contribution in [-0.2, 0) is 14.8 Å². The maximum Gasteiger partial charge on any atom is 0.300 e. The van der Waals surface area contributed by atoms with Crippen molar-refractivity contribution in [3.63, 3.8) is 0 Å². The van der Waals surface area contributed by atoms with Crippen molar-refractivity contribution in [2.24, 2.45) is 5.73 Å². The van der Waals surface area contributed by atoms with Gasteiger partial charge in [0.25, 0.3) is 5.97 Å². The number of aliphatic carboxylic acids is 1. The normalized spacial score (nSPS) is 16.1. The fraction of sp³-hybridized carbons (Fsp3) is 0.533. The summed E-state index contributed by atoms with van der Waals surface area (Å²) in [5, 5.41) is 7.42. The van der Waals surface area contributed by atoms with E-state index in [0.29, 0.717) is 31.7 Å². The molecule has 136 valence electrons. The second-order valence-electron chi connectivity index (χ2n) is 5.37. The van der Waals surface area contributed by atoms with Crippen LogP contribution < -0.4 is 10.5 Å². The van der Waals surface area contributed by atoms with Gasteiger partial charge in [-0.15, -0.1) is 0 Å². The molecule has 0 bridgehead atoms. The summed E-state index contributed by atoms with van der Waals surface area (Å²) in [6.45, 7) is 2.08. The predicted molar refractivity (Wildman–Crippen MR) is 87.8 cm³/mol. The predicted octanol–water partition coefficient (Wildman–Crippen LogP) is 1.05. The molecule has 1 heterocycles. The summed E-state index contributed by atoms with van der Waals surface area (Å²) in [5.74, 6) is -0.809. The molecule has 3 N–H and O–H groups in total. The van der Waals surface area contributed by atoms with Gasteiger partial charge in [0.1, 0.15) is 18.2 Å². The van der Waals surface area contributed by atoms with Crippen LogP contribution in [-0.4, -0.2) is 55.3 Å². The van der Waals surface area contributed by atoms with Crippen LogP contribution in [0.3, 0.4) is 0 Å². The molecular weight excluding hydrogens is 339 g/mol. The highest BCUT2D eigenvalue weighted by molar-refractivity contribution is 7.89. The zero-order chi connectivity index (χ0) is 18.2. The number of nitrogens with two attached hydrogens (primary N) is 1. The smallest absolute Gasteiger partial charge is 0.300 e. The number of hydrogen-bond acceptors (Lipinski definition) is 5. The van der Waals surface area contributed by atoms with Gasteiger partial charge in [-0.2, -0.15) is 0 Å². The van der Waals surface area contributed by atoms with Gasteiger partial charge < -0.3 is 15.6 Å². The molecule has 0 radical (unpaired) electrons. The number of benzene rings is 1. The Labute approximate surface area is 141 Å². The highest BCUT2D eigenvalue weighted by atomic mass is 32.2. The Morgan fingerprint density at radius 1 is 1.33 bits per heavy atom. The van der Waals surface area contributed by atoms with Crippen molar-refractivity contribution in [3.05, 3.63) is 30.1 Å². The Bertz CT molecular complexity index is 609. The van der Waals surface area contributed by atoms with E-state index in [1.807, 2.05) is 0 Å². The Kier molecular flexibility index (Phi) is 8.09. The lowest BCUT2D eigenvalue weighted by Crippen LogP contribution is -2.44. The van der Waals surface area contributed by atoms with Gasteiger partial charge in [0.2, 0.25) is 10.0 Å². The molecule has 0 spiro atoms. The van der Waals surface area contributed by atoms with Crippen molar-refractivity contribution in [2.45, 2.75) is 25.8 Å². The van der Waals surface area contributed by atoms with Crippen molar-refractivity contribution in [1.29, 1.82) is 0 Å². The average molecular weight is 362 g/mol. The van der Waals surface area contributed by atoms with Crippen LogP contribution in [0.2, 0.25) is 0 Å². The summed E-state index contributed by atoms with van der Waals surface area (Å²) in [6, 6.07) is 5.59. The third kappa shape index (κ3) is 7.71. The quantitative estimate of drug-likeness (QED) is 0.810. The molecule has 0 saturated carbocycles. The molecule has 1 aliphatic rings. The van der Waals surface area contributed by atoms with Gasteiger partial charge >= 0.3 is 0 Å². The lowest BCUT2D eigenvalue weighted by Gasteiger charge is -2.29. The Hall–Kier alpha value is -1.71. The van der Waals surface area contributed by atoms with Gasteiger partial charge in [-0.3, -0.25) is 4.79 Å². The lowest BCUT2D eigenvalue weighted by atomic mass is 10.1. The molecule has 1 fully saturated rings. The number of nitrogens with zero attached hydrogens (tertiary/aromatic N) is 1. The van der Waals surface area contributed by atoms with E-state index in [1.165, 1.54) is 28.6 Å². The number of rotatable bonds is 5. The van der Waals surface area contributed by atoms with E-state index in [1.54, 1.807) is 0 Å². The fourth-order valence-electron chi connectivity index (χ4n) is 2.08. The largest absolute Gasteiger partial charge is 0.492 e. The number of halogens is 1. The molecule has 2 rings (SSSR count). The molecule has 7 nitrogen and oxygen atoms in total. The maximum absolute atomic E-state index is 12.7. The molecule has 0 aromatic heterocycles. The number of sulfonamides is 1. The van der Waals surface area contributed by atoms with Crippen molar-refractivity contribution in [3.8, 4) is 5.75 Å². The molecular formula is C15H23FN2O5S. The first-order valence-corrected chi connectivity index (χ1v) is 9.13. The first-order chi connectivity index (χ1) is 11.2. The van der Waals surface area contributed by atoms with Crippen LogP contribution in [0.4, 0.5) is 4.39 Å². The van der Waals surface area contributed by atoms with Crippen molar-refractivity contribution < 1.29 is 27.4 Å². The fourth-order valence-corrected chi connectivity index (χ4v) is 3.40. The minimum atomic E-state index is -3.31. The van der Waals surface area contributed by atoms with Crippen LogP contribution in [0.1, 0.15) is 19.8 Å². The molecule has 1 saturated heterocycles. The van der Waals surface area contributed by atoms with E-state index in [9.17, 15) is 12.8 Å². The highest BCUT2D eigenvalue weighted by Crippen LogP contribution is 2.14. The first kappa shape index (κ1) is 20.3. The van der Waals surface area contributed by atoms with Crippen molar-refractivity contribution in [1.82, 2.24) is 4.31 Å². The van der Waals surface area contributed by atoms with Crippen LogP contribution in [0.5, 0.6) is 5.75 Å². The number of carbonyl (C=O) groups is 1. The standard InChI is InChI=1S/C13H19FN2O3S.C2H4O2/c14-11-1-3-13(4-2-11)19-9-10-20(17,18)16-7-5-12(15)6-8-16;1-2(3)4/h1-4,12H,5-10,15H2;1H3,(H,3,4). The molecule has 9 heteroatoms. The second kappa shape index (κ2) is 9.55. The molecule has 24 heavy (non-hydrogen) atoms. The molecule has 0 unspecified atom stereocenters. The number of carboxylic acids is 1. The van der Waals surface area contributed by atoms with Gasteiger partial charge in [0.05, 0.1) is 5.75 Å². The molecule has 0 amide bonds. The number of hydrogen-bond donors (Lipinski definition) is 2. The zero-order valence-corrected chi connectivity index (χ0v) is 14.3. The summed E-state index contributed by atoms with van der Waals surface area (Å²) in [6.07, 6.45) is 1.39. The van der Waals surface area contributed by atoms with Crippen LogP contribution in [0.15, 0.2) is 24.3 Å². The van der Waals surface area contributed by atoms with Crippen LogP contribution in [0.25, 0.3) is 0 Å². The highest BCUT2D eigenvalue weighted by Gasteiger charge is 2.26. The first-order valence-electron chi connectivity index (χ1n) is 7.52. The molecule has 0 aliphatic carbocycles. The Morgan fingerprint density at radius 3 is 2.33 bits per heavy atom. The van der Waals surface area contributed by atoms with E-state index < -0.39 is 16.0 Å². The monoisotopic (exact) mass is 362 g/mol.